The van der Waals surface area contributed by atoms with Crippen LogP contribution in [0.4, 0.5) is 0 Å². The van der Waals surface area contributed by atoms with Gasteiger partial charge in [0, 0.05) is 22.0 Å². The first-order chi connectivity index (χ1) is 16.4. The fraction of sp³-hybridized carbons (Fsp3) is 0.111. The van der Waals surface area contributed by atoms with E-state index in [2.05, 4.69) is 26.0 Å². The molecule has 1 aromatic heterocycles. The van der Waals surface area contributed by atoms with Crippen molar-refractivity contribution < 1.29 is 9.53 Å². The number of esters is 1. The van der Waals surface area contributed by atoms with Crippen molar-refractivity contribution in [3.05, 3.63) is 111 Å². The lowest BCUT2D eigenvalue weighted by molar-refractivity contribution is -0.128. The van der Waals surface area contributed by atoms with Crippen LogP contribution in [0.5, 0.6) is 5.75 Å². The third-order valence-corrected chi connectivity index (χ3v) is 5.49. The van der Waals surface area contributed by atoms with Crippen LogP contribution in [0.3, 0.4) is 0 Å². The number of aromatic nitrogens is 2. The second kappa shape index (κ2) is 10.4. The molecule has 0 spiro atoms. The van der Waals surface area contributed by atoms with Gasteiger partial charge in [-0.3, -0.25) is 4.79 Å². The summed E-state index contributed by atoms with van der Waals surface area (Å²) in [5.41, 5.74) is 1.79. The van der Waals surface area contributed by atoms with Gasteiger partial charge in [-0.25, -0.2) is 9.78 Å². The zero-order valence-corrected chi connectivity index (χ0v) is 20.3. The molecule has 0 aliphatic carbocycles. The predicted octanol–water partition coefficient (Wildman–Crippen LogP) is 5.78. The third kappa shape index (κ3) is 5.38. The third-order valence-electron chi connectivity index (χ3n) is 5.00. The van der Waals surface area contributed by atoms with Crippen molar-refractivity contribution in [1.29, 1.82) is 0 Å². The monoisotopic (exact) mass is 515 g/mol. The minimum atomic E-state index is -0.520. The Morgan fingerprint density at radius 3 is 2.56 bits per heavy atom. The van der Waals surface area contributed by atoms with E-state index < -0.39 is 5.97 Å². The molecule has 4 rings (SSSR count). The topological polar surface area (TPSA) is 73.6 Å². The van der Waals surface area contributed by atoms with Crippen molar-refractivity contribution in [1.82, 2.24) is 9.66 Å². The van der Waals surface area contributed by atoms with E-state index in [-0.39, 0.29) is 11.5 Å². The number of hydrogen-bond donors (Lipinski definition) is 0. The summed E-state index contributed by atoms with van der Waals surface area (Å²) in [5, 5.41) is 4.92. The number of rotatable bonds is 6. The summed E-state index contributed by atoms with van der Waals surface area (Å²) in [6.45, 7) is 3.90. The second-order valence-electron chi connectivity index (χ2n) is 7.85. The zero-order chi connectivity index (χ0) is 24.1. The van der Waals surface area contributed by atoms with Gasteiger partial charge in [-0.05, 0) is 42.0 Å². The molecule has 0 N–H and O–H groups in total. The fourth-order valence-corrected chi connectivity index (χ4v) is 3.71. The van der Waals surface area contributed by atoms with E-state index >= 15 is 0 Å². The highest BCUT2D eigenvalue weighted by Gasteiger charge is 2.14. The molecule has 0 amide bonds. The van der Waals surface area contributed by atoms with E-state index in [4.69, 9.17) is 4.74 Å². The summed E-state index contributed by atoms with van der Waals surface area (Å²) in [6.07, 6.45) is 4.55. The maximum atomic E-state index is 13.1. The average molecular weight is 516 g/mol. The molecule has 170 valence electrons. The standard InChI is InChI=1S/C27H22BrN3O3/c1-18(2)26-30-23-11-7-6-10-22(23)27(33)31(26)29-17-20-16-21(28)13-14-24(20)34-25(32)15-12-19-8-4-3-5-9-19/h3-18H,1-2H3/b15-12+,29-17?. The molecular formula is C27H22BrN3O3. The molecule has 1 heterocycles. The minimum absolute atomic E-state index is 0.0302. The van der Waals surface area contributed by atoms with Crippen LogP contribution in [-0.2, 0) is 4.79 Å². The Bertz CT molecular complexity index is 1460. The average Bonchev–Trinajstić information content (AvgIpc) is 2.84. The molecule has 4 aromatic rings. The lowest BCUT2D eigenvalue weighted by Gasteiger charge is -2.12. The van der Waals surface area contributed by atoms with Gasteiger partial charge in [0.05, 0.1) is 17.1 Å². The van der Waals surface area contributed by atoms with E-state index in [0.717, 1.165) is 10.0 Å². The first-order valence-electron chi connectivity index (χ1n) is 10.7. The SMILES string of the molecule is CC(C)c1nc2ccccc2c(=O)n1N=Cc1cc(Br)ccc1OC(=O)/C=C/c1ccccc1. The molecule has 3 aromatic carbocycles. The van der Waals surface area contributed by atoms with Gasteiger partial charge in [0.2, 0.25) is 0 Å². The number of fused-ring (bicyclic) bond motifs is 1. The first-order valence-corrected chi connectivity index (χ1v) is 11.5. The molecule has 0 aliphatic heterocycles. The van der Waals surface area contributed by atoms with Crippen molar-refractivity contribution in [3.63, 3.8) is 0 Å². The van der Waals surface area contributed by atoms with Gasteiger partial charge >= 0.3 is 5.97 Å². The van der Waals surface area contributed by atoms with Crippen LogP contribution in [0.25, 0.3) is 17.0 Å². The van der Waals surface area contributed by atoms with Gasteiger partial charge in [-0.2, -0.15) is 9.78 Å². The summed E-state index contributed by atoms with van der Waals surface area (Å²) in [7, 11) is 0. The molecule has 6 nitrogen and oxygen atoms in total. The number of carbonyl (C=O) groups is 1. The largest absolute Gasteiger partial charge is 0.423 e. The molecule has 0 radical (unpaired) electrons. The van der Waals surface area contributed by atoms with Gasteiger partial charge in [0.25, 0.3) is 5.56 Å². The van der Waals surface area contributed by atoms with Crippen molar-refractivity contribution in [2.75, 3.05) is 0 Å². The normalized spacial score (nSPS) is 11.6. The highest BCUT2D eigenvalue weighted by molar-refractivity contribution is 9.10. The maximum Gasteiger partial charge on any atom is 0.336 e. The van der Waals surface area contributed by atoms with E-state index in [0.29, 0.717) is 28.0 Å². The Kier molecular flexibility index (Phi) is 7.13. The first kappa shape index (κ1) is 23.3. The summed E-state index contributed by atoms with van der Waals surface area (Å²) in [6, 6.07) is 21.9. The van der Waals surface area contributed by atoms with Gasteiger partial charge in [0.1, 0.15) is 11.6 Å². The Morgan fingerprint density at radius 1 is 1.06 bits per heavy atom. The Hall–Kier alpha value is -3.84. The molecule has 34 heavy (non-hydrogen) atoms. The van der Waals surface area contributed by atoms with Crippen LogP contribution in [0.1, 0.15) is 36.7 Å². The van der Waals surface area contributed by atoms with Crippen LogP contribution < -0.4 is 10.3 Å². The van der Waals surface area contributed by atoms with Crippen molar-refractivity contribution in [2.24, 2.45) is 5.10 Å². The van der Waals surface area contributed by atoms with Crippen LogP contribution in [0.15, 0.2) is 93.2 Å². The molecule has 0 saturated carbocycles. The number of carbonyl (C=O) groups excluding carboxylic acids is 1. The maximum absolute atomic E-state index is 13.1. The van der Waals surface area contributed by atoms with Crippen LogP contribution in [-0.4, -0.2) is 21.8 Å². The summed E-state index contributed by atoms with van der Waals surface area (Å²) < 4.78 is 7.63. The lowest BCUT2D eigenvalue weighted by atomic mass is 10.2. The van der Waals surface area contributed by atoms with Crippen molar-refractivity contribution in [2.45, 2.75) is 19.8 Å². The molecule has 0 aliphatic rings. The quantitative estimate of drug-likeness (QED) is 0.141. The zero-order valence-electron chi connectivity index (χ0n) is 18.7. The summed E-state index contributed by atoms with van der Waals surface area (Å²) in [5.74, 6) is 0.312. The predicted molar refractivity (Wildman–Crippen MR) is 138 cm³/mol. The molecule has 0 fully saturated rings. The summed E-state index contributed by atoms with van der Waals surface area (Å²) in [4.78, 5) is 30.2. The Labute approximate surface area is 205 Å². The van der Waals surface area contributed by atoms with E-state index in [9.17, 15) is 9.59 Å². The molecule has 0 bridgehead atoms. The van der Waals surface area contributed by atoms with Gasteiger partial charge < -0.3 is 4.74 Å². The van der Waals surface area contributed by atoms with Gasteiger partial charge in [0.15, 0.2) is 0 Å². The molecule has 0 unspecified atom stereocenters. The number of para-hydroxylation sites is 1. The second-order valence-corrected chi connectivity index (χ2v) is 8.77. The lowest BCUT2D eigenvalue weighted by Crippen LogP contribution is -2.23. The van der Waals surface area contributed by atoms with E-state index in [1.54, 1.807) is 36.4 Å². The van der Waals surface area contributed by atoms with Crippen LogP contribution >= 0.6 is 15.9 Å². The molecular weight excluding hydrogens is 494 g/mol. The number of halogens is 1. The van der Waals surface area contributed by atoms with Crippen LogP contribution in [0, 0.1) is 0 Å². The van der Waals surface area contributed by atoms with Crippen molar-refractivity contribution in [3.8, 4) is 5.75 Å². The number of nitrogens with zero attached hydrogens (tertiary/aromatic N) is 3. The summed E-state index contributed by atoms with van der Waals surface area (Å²) >= 11 is 3.44. The van der Waals surface area contributed by atoms with E-state index in [1.807, 2.05) is 56.3 Å². The number of benzene rings is 3. The Morgan fingerprint density at radius 2 is 1.79 bits per heavy atom. The Balaban J connectivity index is 1.67. The molecule has 0 atom stereocenters. The van der Waals surface area contributed by atoms with Gasteiger partial charge in [-0.15, -0.1) is 0 Å². The molecule has 0 saturated heterocycles. The minimum Gasteiger partial charge on any atom is -0.423 e. The fourth-order valence-electron chi connectivity index (χ4n) is 3.33. The van der Waals surface area contributed by atoms with Crippen molar-refractivity contribution >= 4 is 45.1 Å². The smallest absolute Gasteiger partial charge is 0.336 e. The van der Waals surface area contributed by atoms with E-state index in [1.165, 1.54) is 17.0 Å². The molecule has 7 heteroatoms. The van der Waals surface area contributed by atoms with Crippen LogP contribution in [0.2, 0.25) is 0 Å². The number of hydrogen-bond acceptors (Lipinski definition) is 5. The highest BCUT2D eigenvalue weighted by atomic mass is 79.9. The highest BCUT2D eigenvalue weighted by Crippen LogP contribution is 2.23. The number of ether oxygens (including phenoxy) is 1. The van der Waals surface area contributed by atoms with Gasteiger partial charge in [-0.1, -0.05) is 72.2 Å².